The molecule has 1 unspecified atom stereocenters. The van der Waals surface area contributed by atoms with Crippen LogP contribution in [0.15, 0.2) is 24.3 Å². The normalized spacial score (nSPS) is 18.4. The number of carbonyl (C=O) groups is 1. The van der Waals surface area contributed by atoms with E-state index in [0.717, 1.165) is 42.2 Å². The third-order valence-corrected chi connectivity index (χ3v) is 4.24. The molecule has 3 heterocycles. The Morgan fingerprint density at radius 1 is 1.30 bits per heavy atom. The molecule has 0 aliphatic carbocycles. The lowest BCUT2D eigenvalue weighted by atomic mass is 9.94. The van der Waals surface area contributed by atoms with Crippen LogP contribution in [0.3, 0.4) is 0 Å². The summed E-state index contributed by atoms with van der Waals surface area (Å²) < 4.78 is 0. The highest BCUT2D eigenvalue weighted by Gasteiger charge is 2.36. The zero-order valence-corrected chi connectivity index (χ0v) is 14.3. The minimum absolute atomic E-state index is 0.0710. The molecule has 0 aromatic carbocycles. The van der Waals surface area contributed by atoms with Gasteiger partial charge in [-0.15, -0.1) is 0 Å². The summed E-state index contributed by atoms with van der Waals surface area (Å²) >= 11 is 0. The highest BCUT2D eigenvalue weighted by atomic mass is 16.2. The van der Waals surface area contributed by atoms with E-state index in [1.807, 2.05) is 56.9 Å². The average molecular weight is 312 g/mol. The van der Waals surface area contributed by atoms with E-state index in [1.165, 1.54) is 0 Å². The molecule has 3 rings (SSSR count). The van der Waals surface area contributed by atoms with E-state index in [9.17, 15) is 4.79 Å². The van der Waals surface area contributed by atoms with Crippen LogP contribution in [0.4, 0.5) is 0 Å². The number of pyridine rings is 1. The van der Waals surface area contributed by atoms with Gasteiger partial charge in [-0.2, -0.15) is 5.10 Å². The molecule has 0 radical (unpaired) electrons. The van der Waals surface area contributed by atoms with E-state index in [-0.39, 0.29) is 17.4 Å². The minimum atomic E-state index is -0.362. The number of amides is 1. The number of carbonyl (C=O) groups excluding carboxylic acids is 1. The Kier molecular flexibility index (Phi) is 3.96. The lowest BCUT2D eigenvalue weighted by Gasteiger charge is -2.30. The van der Waals surface area contributed by atoms with Gasteiger partial charge in [0.1, 0.15) is 5.69 Å². The van der Waals surface area contributed by atoms with Gasteiger partial charge in [0, 0.05) is 17.7 Å². The van der Waals surface area contributed by atoms with Crippen molar-refractivity contribution in [2.75, 3.05) is 6.54 Å². The number of hydrogen-bond donors (Lipinski definition) is 1. The molecule has 0 saturated carbocycles. The zero-order valence-electron chi connectivity index (χ0n) is 14.3. The maximum atomic E-state index is 12.7. The molecule has 5 heteroatoms. The van der Waals surface area contributed by atoms with E-state index in [2.05, 4.69) is 10.2 Å². The lowest BCUT2D eigenvalue weighted by Crippen LogP contribution is -2.39. The summed E-state index contributed by atoms with van der Waals surface area (Å²) in [6.45, 7) is 8.71. The topological polar surface area (TPSA) is 61.9 Å². The maximum absolute atomic E-state index is 12.7. The molecule has 1 N–H and O–H groups in total. The van der Waals surface area contributed by atoms with Crippen molar-refractivity contribution in [2.24, 2.45) is 5.41 Å². The van der Waals surface area contributed by atoms with Gasteiger partial charge in [-0.05, 0) is 38.0 Å². The lowest BCUT2D eigenvalue weighted by molar-refractivity contribution is -0.140. The predicted octanol–water partition coefficient (Wildman–Crippen LogP) is 3.49. The summed E-state index contributed by atoms with van der Waals surface area (Å²) in [5.41, 5.74) is 3.30. The smallest absolute Gasteiger partial charge is 0.228 e. The van der Waals surface area contributed by atoms with E-state index in [1.54, 1.807) is 0 Å². The first-order valence-electron chi connectivity index (χ1n) is 8.16. The molecule has 1 amide bonds. The molecule has 1 saturated heterocycles. The van der Waals surface area contributed by atoms with Crippen LogP contribution in [0.5, 0.6) is 0 Å². The molecule has 122 valence electrons. The van der Waals surface area contributed by atoms with E-state index in [0.29, 0.717) is 0 Å². The van der Waals surface area contributed by atoms with Crippen LogP contribution in [-0.4, -0.2) is 32.5 Å². The monoisotopic (exact) mass is 312 g/mol. The van der Waals surface area contributed by atoms with Crippen LogP contribution in [0, 0.1) is 12.3 Å². The van der Waals surface area contributed by atoms with Crippen molar-refractivity contribution >= 4 is 5.91 Å². The summed E-state index contributed by atoms with van der Waals surface area (Å²) in [6, 6.07) is 8.03. The number of hydrogen-bond acceptors (Lipinski definition) is 3. The molecule has 2 aromatic heterocycles. The quantitative estimate of drug-likeness (QED) is 0.923. The van der Waals surface area contributed by atoms with Gasteiger partial charge in [0.2, 0.25) is 5.91 Å². The molecule has 1 aliphatic heterocycles. The number of aromatic nitrogens is 3. The van der Waals surface area contributed by atoms with E-state index < -0.39 is 0 Å². The fourth-order valence-corrected chi connectivity index (χ4v) is 3.08. The Labute approximate surface area is 137 Å². The highest BCUT2D eigenvalue weighted by molar-refractivity contribution is 5.82. The number of rotatable bonds is 2. The molecule has 1 atom stereocenters. The van der Waals surface area contributed by atoms with Crippen molar-refractivity contribution in [1.29, 1.82) is 0 Å². The molecule has 0 spiro atoms. The minimum Gasteiger partial charge on any atom is -0.334 e. The van der Waals surface area contributed by atoms with Gasteiger partial charge < -0.3 is 4.90 Å². The first-order valence-corrected chi connectivity index (χ1v) is 8.16. The Bertz CT molecular complexity index is 714. The summed E-state index contributed by atoms with van der Waals surface area (Å²) in [6.07, 6.45) is 2.00. The predicted molar refractivity (Wildman–Crippen MR) is 89.7 cm³/mol. The van der Waals surface area contributed by atoms with Crippen LogP contribution in [-0.2, 0) is 4.79 Å². The Balaban J connectivity index is 1.90. The highest BCUT2D eigenvalue weighted by Crippen LogP contribution is 2.35. The number of nitrogens with zero attached hydrogens (tertiary/aromatic N) is 3. The number of likely N-dealkylation sites (tertiary alicyclic amines) is 1. The Morgan fingerprint density at radius 2 is 2.09 bits per heavy atom. The van der Waals surface area contributed by atoms with Gasteiger partial charge in [0.05, 0.1) is 17.4 Å². The second-order valence-corrected chi connectivity index (χ2v) is 7.29. The maximum Gasteiger partial charge on any atom is 0.228 e. The molecule has 5 nitrogen and oxygen atoms in total. The Hall–Kier alpha value is -2.17. The van der Waals surface area contributed by atoms with Gasteiger partial charge in [-0.25, -0.2) is 4.98 Å². The first kappa shape index (κ1) is 15.7. The summed E-state index contributed by atoms with van der Waals surface area (Å²) in [5, 5.41) is 7.23. The molecular formula is C18H24N4O. The van der Waals surface area contributed by atoms with Crippen molar-refractivity contribution in [3.63, 3.8) is 0 Å². The zero-order chi connectivity index (χ0) is 16.6. The van der Waals surface area contributed by atoms with Crippen molar-refractivity contribution in [1.82, 2.24) is 20.1 Å². The summed E-state index contributed by atoms with van der Waals surface area (Å²) in [5.74, 6) is 0.197. The van der Waals surface area contributed by atoms with Crippen molar-refractivity contribution in [3.8, 4) is 11.4 Å². The largest absolute Gasteiger partial charge is 0.334 e. The molecular weight excluding hydrogens is 288 g/mol. The molecule has 23 heavy (non-hydrogen) atoms. The fraction of sp³-hybridized carbons (Fsp3) is 0.500. The van der Waals surface area contributed by atoms with Gasteiger partial charge in [-0.1, -0.05) is 26.8 Å². The second kappa shape index (κ2) is 5.80. The standard InChI is InChI=1S/C18H24N4O/c1-12-11-15(21-20-12)13-7-5-8-14(19-13)16-9-6-10-22(16)17(23)18(2,3)4/h5,7-8,11,16H,6,9-10H2,1-4H3,(H,20,21). The van der Waals surface area contributed by atoms with Crippen LogP contribution in [0.25, 0.3) is 11.4 Å². The van der Waals surface area contributed by atoms with Crippen LogP contribution >= 0.6 is 0 Å². The number of H-pyrrole nitrogens is 1. The number of aromatic amines is 1. The van der Waals surface area contributed by atoms with Gasteiger partial charge in [-0.3, -0.25) is 9.89 Å². The second-order valence-electron chi connectivity index (χ2n) is 7.29. The van der Waals surface area contributed by atoms with E-state index >= 15 is 0 Å². The number of nitrogens with one attached hydrogen (secondary N) is 1. The fourth-order valence-electron chi connectivity index (χ4n) is 3.08. The molecule has 0 bridgehead atoms. The molecule has 1 fully saturated rings. The average Bonchev–Trinajstić information content (AvgIpc) is 3.14. The third-order valence-electron chi connectivity index (χ3n) is 4.24. The summed E-state index contributed by atoms with van der Waals surface area (Å²) in [4.78, 5) is 19.5. The van der Waals surface area contributed by atoms with Crippen molar-refractivity contribution in [3.05, 3.63) is 35.7 Å². The Morgan fingerprint density at radius 3 is 2.74 bits per heavy atom. The summed E-state index contributed by atoms with van der Waals surface area (Å²) in [7, 11) is 0. The molecule has 2 aromatic rings. The van der Waals surface area contributed by atoms with Crippen LogP contribution in [0.1, 0.15) is 51.0 Å². The number of aryl methyl sites for hydroxylation is 1. The van der Waals surface area contributed by atoms with Crippen LogP contribution < -0.4 is 0 Å². The van der Waals surface area contributed by atoms with Crippen molar-refractivity contribution in [2.45, 2.75) is 46.6 Å². The molecule has 1 aliphatic rings. The third kappa shape index (κ3) is 3.14. The van der Waals surface area contributed by atoms with Gasteiger partial charge in [0.15, 0.2) is 0 Å². The van der Waals surface area contributed by atoms with Gasteiger partial charge >= 0.3 is 0 Å². The first-order chi connectivity index (χ1) is 10.9. The SMILES string of the molecule is Cc1cc(-c2cccc(C3CCCN3C(=O)C(C)(C)C)n2)n[nH]1. The van der Waals surface area contributed by atoms with Crippen LogP contribution in [0.2, 0.25) is 0 Å². The van der Waals surface area contributed by atoms with Crippen molar-refractivity contribution < 1.29 is 4.79 Å². The van der Waals surface area contributed by atoms with E-state index in [4.69, 9.17) is 4.98 Å². The van der Waals surface area contributed by atoms with Gasteiger partial charge in [0.25, 0.3) is 0 Å².